The topological polar surface area (TPSA) is 79.5 Å². The highest BCUT2D eigenvalue weighted by atomic mass is 16.5. The number of amides is 1. The Balaban J connectivity index is 1.41. The van der Waals surface area contributed by atoms with Crippen LogP contribution in [0.3, 0.4) is 0 Å². The minimum absolute atomic E-state index is 0.235. The Morgan fingerprint density at radius 1 is 1.13 bits per heavy atom. The first kappa shape index (κ1) is 16.0. The molecule has 1 saturated heterocycles. The number of esters is 1. The van der Waals surface area contributed by atoms with Crippen LogP contribution in [0.2, 0.25) is 0 Å². The van der Waals surface area contributed by atoms with E-state index < -0.39 is 0 Å². The third-order valence-corrected chi connectivity index (χ3v) is 4.60. The maximum Gasteiger partial charge on any atom is 0.325 e. The lowest BCUT2D eigenvalue weighted by Crippen LogP contribution is -2.41. The predicted molar refractivity (Wildman–Crippen MR) is 85.1 cm³/mol. The molecule has 0 radical (unpaired) electrons. The van der Waals surface area contributed by atoms with Crippen LogP contribution in [0, 0.1) is 5.92 Å². The summed E-state index contributed by atoms with van der Waals surface area (Å²) in [5, 5.41) is 2.75. The molecule has 2 fully saturated rings. The van der Waals surface area contributed by atoms with E-state index in [1.165, 1.54) is 6.42 Å². The first-order valence-electron chi connectivity index (χ1n) is 8.22. The molecular formula is C17H23N3O3. The highest BCUT2D eigenvalue weighted by Crippen LogP contribution is 2.30. The molecule has 6 nitrogen and oxygen atoms in total. The zero-order valence-electron chi connectivity index (χ0n) is 13.1. The van der Waals surface area contributed by atoms with Crippen molar-refractivity contribution in [2.24, 2.45) is 5.92 Å². The number of ether oxygens (including phenoxy) is 1. The molecule has 3 unspecified atom stereocenters. The molecule has 1 aromatic carbocycles. The van der Waals surface area contributed by atoms with Crippen LogP contribution in [-0.4, -0.2) is 30.6 Å². The Morgan fingerprint density at radius 2 is 1.91 bits per heavy atom. The molecule has 1 aromatic rings. The van der Waals surface area contributed by atoms with Gasteiger partial charge in [-0.25, -0.2) is 5.43 Å². The van der Waals surface area contributed by atoms with Crippen LogP contribution in [-0.2, 0) is 20.9 Å². The quantitative estimate of drug-likeness (QED) is 0.703. The Hall–Kier alpha value is -1.92. The van der Waals surface area contributed by atoms with E-state index in [-0.39, 0.29) is 30.4 Å². The monoisotopic (exact) mass is 317 g/mol. The van der Waals surface area contributed by atoms with Gasteiger partial charge in [0, 0.05) is 18.5 Å². The fourth-order valence-electron chi connectivity index (χ4n) is 3.35. The van der Waals surface area contributed by atoms with Crippen molar-refractivity contribution >= 4 is 11.9 Å². The number of fused-ring (bicyclic) bond motifs is 1. The van der Waals surface area contributed by atoms with Crippen LogP contribution in [0.15, 0.2) is 30.3 Å². The average Bonchev–Trinajstić information content (AvgIpc) is 3.03. The molecule has 0 spiro atoms. The van der Waals surface area contributed by atoms with Crippen LogP contribution in [0.4, 0.5) is 0 Å². The van der Waals surface area contributed by atoms with E-state index in [1.807, 2.05) is 30.3 Å². The van der Waals surface area contributed by atoms with Gasteiger partial charge in [-0.05, 0) is 18.4 Å². The van der Waals surface area contributed by atoms with Crippen molar-refractivity contribution in [3.8, 4) is 0 Å². The van der Waals surface area contributed by atoms with Gasteiger partial charge in [-0.3, -0.25) is 15.0 Å². The fraction of sp³-hybridized carbons (Fsp3) is 0.529. The number of hydrazine groups is 1. The first-order chi connectivity index (χ1) is 11.2. The molecule has 6 heteroatoms. The molecule has 1 saturated carbocycles. The third kappa shape index (κ3) is 4.09. The molecule has 0 bridgehead atoms. The van der Waals surface area contributed by atoms with E-state index in [1.54, 1.807) is 0 Å². The van der Waals surface area contributed by atoms with Crippen molar-refractivity contribution in [1.29, 1.82) is 0 Å². The molecule has 3 atom stereocenters. The Bertz CT molecular complexity index is 549. The number of benzene rings is 1. The van der Waals surface area contributed by atoms with Gasteiger partial charge >= 0.3 is 5.97 Å². The number of carbonyl (C=O) groups is 2. The van der Waals surface area contributed by atoms with E-state index >= 15 is 0 Å². The summed E-state index contributed by atoms with van der Waals surface area (Å²) < 4.78 is 5.17. The van der Waals surface area contributed by atoms with Gasteiger partial charge in [-0.1, -0.05) is 43.2 Å². The van der Waals surface area contributed by atoms with Crippen molar-refractivity contribution < 1.29 is 14.3 Å². The number of nitrogens with one attached hydrogen (secondary N) is 3. The molecule has 1 heterocycles. The Labute approximate surface area is 135 Å². The normalized spacial score (nSPS) is 26.3. The van der Waals surface area contributed by atoms with Crippen molar-refractivity contribution in [3.63, 3.8) is 0 Å². The van der Waals surface area contributed by atoms with Gasteiger partial charge in [0.05, 0.1) is 0 Å². The summed E-state index contributed by atoms with van der Waals surface area (Å²) in [7, 11) is 0. The largest absolute Gasteiger partial charge is 0.454 e. The van der Waals surface area contributed by atoms with Gasteiger partial charge in [0.15, 0.2) is 6.61 Å². The number of carbonyl (C=O) groups excluding carboxylic acids is 2. The molecule has 1 aliphatic heterocycles. The summed E-state index contributed by atoms with van der Waals surface area (Å²) in [4.78, 5) is 24.0. The SMILES string of the molecule is O=C(COC(=O)C1NNC2CCCCC21)NCc1ccccc1. The number of rotatable bonds is 5. The van der Waals surface area contributed by atoms with Crippen LogP contribution in [0.1, 0.15) is 31.2 Å². The van der Waals surface area contributed by atoms with Gasteiger partial charge in [0.2, 0.25) is 0 Å². The maximum absolute atomic E-state index is 12.2. The molecule has 0 aromatic heterocycles. The zero-order chi connectivity index (χ0) is 16.1. The first-order valence-corrected chi connectivity index (χ1v) is 8.22. The number of hydrogen-bond donors (Lipinski definition) is 3. The second-order valence-corrected chi connectivity index (χ2v) is 6.19. The van der Waals surface area contributed by atoms with Crippen molar-refractivity contribution in [3.05, 3.63) is 35.9 Å². The molecule has 1 amide bonds. The van der Waals surface area contributed by atoms with Crippen molar-refractivity contribution in [2.45, 2.75) is 44.3 Å². The van der Waals surface area contributed by atoms with E-state index in [9.17, 15) is 9.59 Å². The van der Waals surface area contributed by atoms with Crippen LogP contribution >= 0.6 is 0 Å². The van der Waals surface area contributed by atoms with Crippen molar-refractivity contribution in [1.82, 2.24) is 16.2 Å². The van der Waals surface area contributed by atoms with Crippen LogP contribution < -0.4 is 16.2 Å². The minimum atomic E-state index is -0.346. The summed E-state index contributed by atoms with van der Waals surface area (Å²) in [6.45, 7) is 0.201. The van der Waals surface area contributed by atoms with Gasteiger partial charge in [-0.2, -0.15) is 0 Å². The number of hydrogen-bond acceptors (Lipinski definition) is 5. The summed E-state index contributed by atoms with van der Waals surface area (Å²) in [5.41, 5.74) is 7.21. The average molecular weight is 317 g/mol. The minimum Gasteiger partial charge on any atom is -0.454 e. The molecule has 1 aliphatic carbocycles. The maximum atomic E-state index is 12.2. The Kier molecular flexibility index (Phi) is 5.25. The van der Waals surface area contributed by atoms with Gasteiger partial charge in [-0.15, -0.1) is 0 Å². The summed E-state index contributed by atoms with van der Waals surface area (Å²) in [5.74, 6) is -0.362. The fourth-order valence-corrected chi connectivity index (χ4v) is 3.35. The summed E-state index contributed by atoms with van der Waals surface area (Å²) >= 11 is 0. The lowest BCUT2D eigenvalue weighted by Gasteiger charge is -2.26. The lowest BCUT2D eigenvalue weighted by molar-refractivity contribution is -0.151. The molecule has 124 valence electrons. The molecule has 23 heavy (non-hydrogen) atoms. The van der Waals surface area contributed by atoms with E-state index in [0.29, 0.717) is 12.6 Å². The van der Waals surface area contributed by atoms with Crippen LogP contribution in [0.5, 0.6) is 0 Å². The van der Waals surface area contributed by atoms with E-state index in [4.69, 9.17) is 4.74 Å². The van der Waals surface area contributed by atoms with E-state index in [0.717, 1.165) is 24.8 Å². The summed E-state index contributed by atoms with van der Waals surface area (Å²) in [6.07, 6.45) is 4.44. The van der Waals surface area contributed by atoms with Crippen LogP contribution in [0.25, 0.3) is 0 Å². The van der Waals surface area contributed by atoms with Gasteiger partial charge < -0.3 is 10.1 Å². The highest BCUT2D eigenvalue weighted by Gasteiger charge is 2.41. The molecular weight excluding hydrogens is 294 g/mol. The highest BCUT2D eigenvalue weighted by molar-refractivity contribution is 5.82. The second-order valence-electron chi connectivity index (χ2n) is 6.19. The lowest BCUT2D eigenvalue weighted by atomic mass is 9.82. The zero-order valence-corrected chi connectivity index (χ0v) is 13.1. The summed E-state index contributed by atoms with van der Waals surface area (Å²) in [6, 6.07) is 9.62. The second kappa shape index (κ2) is 7.57. The molecule has 3 N–H and O–H groups in total. The molecule has 3 rings (SSSR count). The van der Waals surface area contributed by atoms with Gasteiger partial charge in [0.1, 0.15) is 6.04 Å². The third-order valence-electron chi connectivity index (χ3n) is 4.60. The van der Waals surface area contributed by atoms with Crippen molar-refractivity contribution in [2.75, 3.05) is 6.61 Å². The smallest absolute Gasteiger partial charge is 0.325 e. The molecule has 2 aliphatic rings. The Morgan fingerprint density at radius 3 is 2.74 bits per heavy atom. The standard InChI is InChI=1S/C17H23N3O3/c21-15(18-10-12-6-2-1-3-7-12)11-23-17(22)16-13-8-4-5-9-14(13)19-20-16/h1-3,6-7,13-14,16,19-20H,4-5,8-11H2,(H,18,21). The van der Waals surface area contributed by atoms with Gasteiger partial charge in [0.25, 0.3) is 5.91 Å². The predicted octanol–water partition coefficient (Wildman–Crippen LogP) is 0.881. The van der Waals surface area contributed by atoms with E-state index in [2.05, 4.69) is 16.2 Å².